The molecule has 0 N–H and O–H groups in total. The van der Waals surface area contributed by atoms with Crippen molar-refractivity contribution in [2.45, 2.75) is 71.5 Å². The largest absolute Gasteiger partial charge is 0.342 e. The van der Waals surface area contributed by atoms with Crippen molar-refractivity contribution in [3.05, 3.63) is 74.7 Å². The van der Waals surface area contributed by atoms with Crippen molar-refractivity contribution in [2.24, 2.45) is 5.92 Å². The first kappa shape index (κ1) is 26.9. The molecule has 1 aromatic carbocycles. The van der Waals surface area contributed by atoms with Gasteiger partial charge < -0.3 is 9.47 Å². The van der Waals surface area contributed by atoms with Crippen molar-refractivity contribution in [1.82, 2.24) is 23.6 Å². The highest BCUT2D eigenvalue weighted by Crippen LogP contribution is 2.23. The molecule has 1 unspecified atom stereocenters. The maximum atomic E-state index is 13.4. The Morgan fingerprint density at radius 1 is 1.00 bits per heavy atom. The van der Waals surface area contributed by atoms with Crippen LogP contribution in [0.25, 0.3) is 11.2 Å². The minimum absolute atomic E-state index is 0.0256. The number of hydrogen-bond acceptors (Lipinski definition) is 4. The lowest BCUT2D eigenvalue weighted by atomic mass is 9.98. The van der Waals surface area contributed by atoms with Crippen LogP contribution in [0.15, 0.2) is 52.6 Å². The van der Waals surface area contributed by atoms with Crippen LogP contribution < -0.4 is 11.2 Å². The zero-order valence-electron chi connectivity index (χ0n) is 21.6. The molecule has 3 heterocycles. The average molecular weight is 526 g/mol. The number of allylic oxidation sites excluding steroid dienone is 1. The molecule has 0 radical (unpaired) electrons. The summed E-state index contributed by atoms with van der Waals surface area (Å²) in [6, 6.07) is 10.1. The molecular weight excluding hydrogens is 490 g/mol. The predicted molar refractivity (Wildman–Crippen MR) is 147 cm³/mol. The van der Waals surface area contributed by atoms with Gasteiger partial charge in [0.15, 0.2) is 11.2 Å². The standard InChI is InChI=1S/C28H36ClN5O3/c1-3-5-9-17-33-24-23(32(15-4-2)27(29)30-24)26(36)34(28(33)37)18-11-10-16-31-19-14-22(25(31)35)20-21-12-7-6-8-13-21/h4,6-8,12-13,22H,2-3,5,9-11,14-20H2,1H3. The van der Waals surface area contributed by atoms with Gasteiger partial charge in [-0.05, 0) is 49.3 Å². The summed E-state index contributed by atoms with van der Waals surface area (Å²) in [5.74, 6) is 0.223. The number of benzene rings is 1. The molecule has 0 bridgehead atoms. The molecule has 1 fully saturated rings. The summed E-state index contributed by atoms with van der Waals surface area (Å²) in [5.41, 5.74) is 1.12. The fraction of sp³-hybridized carbons (Fsp3) is 0.500. The van der Waals surface area contributed by atoms with Crippen molar-refractivity contribution in [3.8, 4) is 0 Å². The lowest BCUT2D eigenvalue weighted by Crippen LogP contribution is -2.41. The number of hydrogen-bond donors (Lipinski definition) is 0. The summed E-state index contributed by atoms with van der Waals surface area (Å²) >= 11 is 6.34. The summed E-state index contributed by atoms with van der Waals surface area (Å²) in [6.45, 7) is 8.34. The van der Waals surface area contributed by atoms with Gasteiger partial charge in [-0.3, -0.25) is 18.7 Å². The van der Waals surface area contributed by atoms with Gasteiger partial charge in [-0.15, -0.1) is 6.58 Å². The van der Waals surface area contributed by atoms with E-state index in [2.05, 4.69) is 30.6 Å². The molecular formula is C28H36ClN5O3. The zero-order chi connectivity index (χ0) is 26.4. The van der Waals surface area contributed by atoms with E-state index in [0.717, 1.165) is 45.1 Å². The van der Waals surface area contributed by atoms with E-state index in [4.69, 9.17) is 11.6 Å². The van der Waals surface area contributed by atoms with Crippen LogP contribution in [0.4, 0.5) is 0 Å². The quantitative estimate of drug-likeness (QED) is 0.190. The molecule has 1 aliphatic heterocycles. The Morgan fingerprint density at radius 2 is 1.70 bits per heavy atom. The summed E-state index contributed by atoms with van der Waals surface area (Å²) in [6.07, 6.45) is 7.43. The number of likely N-dealkylation sites (tertiary alicyclic amines) is 1. The number of fused-ring (bicyclic) bond motifs is 1. The SMILES string of the molecule is C=CCn1c(Cl)nc2c1c(=O)n(CCCCN1CCC(Cc3ccccc3)C1=O)c(=O)n2CCCCC. The number of carbonyl (C=O) groups excluding carboxylic acids is 1. The van der Waals surface area contributed by atoms with Gasteiger partial charge in [-0.25, -0.2) is 4.79 Å². The van der Waals surface area contributed by atoms with Gasteiger partial charge in [0.25, 0.3) is 5.56 Å². The van der Waals surface area contributed by atoms with E-state index in [9.17, 15) is 14.4 Å². The molecule has 37 heavy (non-hydrogen) atoms. The minimum atomic E-state index is -0.381. The third-order valence-corrected chi connectivity index (χ3v) is 7.45. The number of rotatable bonds is 13. The Morgan fingerprint density at radius 3 is 2.43 bits per heavy atom. The lowest BCUT2D eigenvalue weighted by molar-refractivity contribution is -0.131. The van der Waals surface area contributed by atoms with E-state index in [1.807, 2.05) is 23.1 Å². The van der Waals surface area contributed by atoms with Crippen LogP contribution in [0.5, 0.6) is 0 Å². The number of aromatic nitrogens is 4. The molecule has 2 aromatic heterocycles. The first-order chi connectivity index (χ1) is 18.0. The second-order valence-corrected chi connectivity index (χ2v) is 10.1. The number of unbranched alkanes of at least 4 members (excludes halogenated alkanes) is 3. The van der Waals surface area contributed by atoms with Crippen molar-refractivity contribution in [3.63, 3.8) is 0 Å². The van der Waals surface area contributed by atoms with E-state index in [0.29, 0.717) is 37.2 Å². The van der Waals surface area contributed by atoms with Gasteiger partial charge in [0.2, 0.25) is 11.2 Å². The third kappa shape index (κ3) is 5.90. The lowest BCUT2D eigenvalue weighted by Gasteiger charge is -2.17. The van der Waals surface area contributed by atoms with E-state index in [-0.39, 0.29) is 34.9 Å². The molecule has 4 rings (SSSR count). The Balaban J connectivity index is 1.45. The topological polar surface area (TPSA) is 82.1 Å². The first-order valence-corrected chi connectivity index (χ1v) is 13.7. The highest BCUT2D eigenvalue weighted by molar-refractivity contribution is 6.29. The highest BCUT2D eigenvalue weighted by atomic mass is 35.5. The summed E-state index contributed by atoms with van der Waals surface area (Å²) in [4.78, 5) is 45.9. The number of imidazole rings is 1. The van der Waals surface area contributed by atoms with Crippen LogP contribution in [0, 0.1) is 5.92 Å². The van der Waals surface area contributed by atoms with Crippen molar-refractivity contribution in [2.75, 3.05) is 13.1 Å². The monoisotopic (exact) mass is 525 g/mol. The molecule has 0 spiro atoms. The first-order valence-electron chi connectivity index (χ1n) is 13.3. The Labute approximate surface area is 222 Å². The Hall–Kier alpha value is -3.13. The predicted octanol–water partition coefficient (Wildman–Crippen LogP) is 4.26. The van der Waals surface area contributed by atoms with Crippen LogP contribution in [-0.4, -0.2) is 42.6 Å². The number of amides is 1. The molecule has 3 aromatic rings. The van der Waals surface area contributed by atoms with Crippen LogP contribution in [-0.2, 0) is 30.8 Å². The van der Waals surface area contributed by atoms with Gasteiger partial charge in [0.05, 0.1) is 0 Å². The molecule has 8 nitrogen and oxygen atoms in total. The molecule has 0 saturated carbocycles. The normalized spacial score (nSPS) is 15.7. The third-order valence-electron chi connectivity index (χ3n) is 7.16. The van der Waals surface area contributed by atoms with Crippen LogP contribution in [0.1, 0.15) is 51.0 Å². The zero-order valence-corrected chi connectivity index (χ0v) is 22.3. The maximum absolute atomic E-state index is 13.4. The Bertz CT molecular complexity index is 1360. The van der Waals surface area contributed by atoms with E-state index in [1.54, 1.807) is 15.2 Å². The van der Waals surface area contributed by atoms with Gasteiger partial charge in [-0.1, -0.05) is 56.2 Å². The molecule has 198 valence electrons. The van der Waals surface area contributed by atoms with Gasteiger partial charge in [-0.2, -0.15) is 4.98 Å². The number of halogens is 1. The van der Waals surface area contributed by atoms with E-state index < -0.39 is 0 Å². The van der Waals surface area contributed by atoms with Gasteiger partial charge in [0, 0.05) is 38.6 Å². The summed E-state index contributed by atoms with van der Waals surface area (Å²) in [5, 5.41) is 0.172. The van der Waals surface area contributed by atoms with Crippen molar-refractivity contribution < 1.29 is 4.79 Å². The van der Waals surface area contributed by atoms with Crippen LogP contribution in [0.3, 0.4) is 0 Å². The second kappa shape index (κ2) is 12.4. The molecule has 1 saturated heterocycles. The average Bonchev–Trinajstić information content (AvgIpc) is 3.40. The van der Waals surface area contributed by atoms with Crippen molar-refractivity contribution >= 4 is 28.7 Å². The van der Waals surface area contributed by atoms with Gasteiger partial charge in [0.1, 0.15) is 0 Å². The summed E-state index contributed by atoms with van der Waals surface area (Å²) in [7, 11) is 0. The maximum Gasteiger partial charge on any atom is 0.332 e. The molecule has 9 heteroatoms. The number of aryl methyl sites for hydroxylation is 1. The highest BCUT2D eigenvalue weighted by Gasteiger charge is 2.31. The molecule has 1 amide bonds. The van der Waals surface area contributed by atoms with Crippen LogP contribution in [0.2, 0.25) is 5.28 Å². The Kier molecular flexibility index (Phi) is 9.03. The summed E-state index contributed by atoms with van der Waals surface area (Å²) < 4.78 is 4.49. The fourth-order valence-electron chi connectivity index (χ4n) is 5.16. The molecule has 1 atom stereocenters. The van der Waals surface area contributed by atoms with E-state index >= 15 is 0 Å². The molecule has 0 aliphatic carbocycles. The second-order valence-electron chi connectivity index (χ2n) is 9.76. The fourth-order valence-corrected chi connectivity index (χ4v) is 5.40. The number of carbonyl (C=O) groups is 1. The smallest absolute Gasteiger partial charge is 0.332 e. The minimum Gasteiger partial charge on any atom is -0.342 e. The van der Waals surface area contributed by atoms with Crippen molar-refractivity contribution in [1.29, 1.82) is 0 Å². The van der Waals surface area contributed by atoms with Gasteiger partial charge >= 0.3 is 5.69 Å². The number of nitrogens with zero attached hydrogens (tertiary/aromatic N) is 5. The molecule has 1 aliphatic rings. The van der Waals surface area contributed by atoms with Crippen LogP contribution >= 0.6 is 11.6 Å². The van der Waals surface area contributed by atoms with E-state index in [1.165, 1.54) is 10.1 Å².